The van der Waals surface area contributed by atoms with E-state index < -0.39 is 0 Å². The van der Waals surface area contributed by atoms with Gasteiger partial charge in [-0.1, -0.05) is 37.0 Å². The molecule has 0 saturated carbocycles. The molecule has 2 rings (SSSR count). The van der Waals surface area contributed by atoms with Crippen molar-refractivity contribution in [3.05, 3.63) is 33.8 Å². The molecule has 0 aliphatic carbocycles. The van der Waals surface area contributed by atoms with Gasteiger partial charge >= 0.3 is 0 Å². The number of carbonyl (C=O) groups is 1. The van der Waals surface area contributed by atoms with E-state index in [4.69, 9.17) is 23.2 Å². The van der Waals surface area contributed by atoms with Gasteiger partial charge in [-0.05, 0) is 43.0 Å². The van der Waals surface area contributed by atoms with Crippen molar-refractivity contribution in [1.29, 1.82) is 0 Å². The zero-order valence-electron chi connectivity index (χ0n) is 11.3. The van der Waals surface area contributed by atoms with Crippen molar-refractivity contribution in [1.82, 2.24) is 4.90 Å². The largest absolute Gasteiger partial charge is 0.296 e. The first kappa shape index (κ1) is 14.8. The first-order chi connectivity index (χ1) is 8.97. The Hall–Kier alpha value is -0.570. The Morgan fingerprint density at radius 3 is 2.63 bits per heavy atom. The van der Waals surface area contributed by atoms with E-state index in [9.17, 15) is 4.79 Å². The Bertz CT molecular complexity index is 475. The van der Waals surface area contributed by atoms with E-state index in [1.807, 2.05) is 0 Å². The normalized spacial score (nSPS) is 24.4. The number of rotatable bonds is 3. The predicted octanol–water partition coefficient (Wildman–Crippen LogP) is 4.15. The fourth-order valence-corrected chi connectivity index (χ4v) is 2.75. The minimum atomic E-state index is 0.111. The molecule has 1 fully saturated rings. The summed E-state index contributed by atoms with van der Waals surface area (Å²) in [6.07, 6.45) is 1.16. The van der Waals surface area contributed by atoms with E-state index in [-0.39, 0.29) is 5.78 Å². The summed E-state index contributed by atoms with van der Waals surface area (Å²) in [7, 11) is 0. The number of piperidine rings is 1. The fourth-order valence-electron chi connectivity index (χ4n) is 2.46. The monoisotopic (exact) mass is 299 g/mol. The summed E-state index contributed by atoms with van der Waals surface area (Å²) < 4.78 is 0. The number of hydrogen-bond acceptors (Lipinski definition) is 2. The third-order valence-electron chi connectivity index (χ3n) is 4.03. The predicted molar refractivity (Wildman–Crippen MR) is 80.2 cm³/mol. The van der Waals surface area contributed by atoms with E-state index in [0.29, 0.717) is 28.1 Å². The first-order valence-corrected chi connectivity index (χ1v) is 7.43. The SMILES string of the molecule is CC1CCN(CC(=O)c2ccc(Cl)c(Cl)c2)CC1C. The molecule has 2 unspecified atom stereocenters. The maximum Gasteiger partial charge on any atom is 0.176 e. The van der Waals surface area contributed by atoms with Crippen LogP contribution >= 0.6 is 23.2 Å². The van der Waals surface area contributed by atoms with Gasteiger partial charge in [0, 0.05) is 12.1 Å². The average molecular weight is 300 g/mol. The molecule has 0 N–H and O–H groups in total. The molecule has 1 aliphatic heterocycles. The zero-order chi connectivity index (χ0) is 14.0. The van der Waals surface area contributed by atoms with Crippen LogP contribution in [0.5, 0.6) is 0 Å². The Kier molecular flexibility index (Phi) is 4.88. The standard InChI is InChI=1S/C15H19Cl2NO/c1-10-5-6-18(8-11(10)2)9-15(19)12-3-4-13(16)14(17)7-12/h3-4,7,10-11H,5-6,8-9H2,1-2H3. The number of nitrogens with zero attached hydrogens (tertiary/aromatic N) is 1. The number of carbonyl (C=O) groups excluding carboxylic acids is 1. The van der Waals surface area contributed by atoms with E-state index >= 15 is 0 Å². The summed E-state index contributed by atoms with van der Waals surface area (Å²) in [5.74, 6) is 1.51. The molecule has 4 heteroatoms. The van der Waals surface area contributed by atoms with Crippen LogP contribution in [0.15, 0.2) is 18.2 Å². The van der Waals surface area contributed by atoms with Crippen LogP contribution < -0.4 is 0 Å². The second-order valence-electron chi connectivity index (χ2n) is 5.53. The number of likely N-dealkylation sites (tertiary alicyclic amines) is 1. The maximum absolute atomic E-state index is 12.2. The Balaban J connectivity index is 1.99. The number of hydrogen-bond donors (Lipinski definition) is 0. The molecule has 19 heavy (non-hydrogen) atoms. The molecular weight excluding hydrogens is 281 g/mol. The summed E-state index contributed by atoms with van der Waals surface area (Å²) in [5, 5.41) is 0.923. The Morgan fingerprint density at radius 1 is 1.26 bits per heavy atom. The van der Waals surface area contributed by atoms with E-state index in [1.165, 1.54) is 0 Å². The van der Waals surface area contributed by atoms with E-state index in [1.54, 1.807) is 18.2 Å². The molecule has 1 saturated heterocycles. The topological polar surface area (TPSA) is 20.3 Å². The molecule has 0 radical (unpaired) electrons. The van der Waals surface area contributed by atoms with Crippen molar-refractivity contribution >= 4 is 29.0 Å². The van der Waals surface area contributed by atoms with E-state index in [2.05, 4.69) is 18.7 Å². The molecule has 1 aromatic rings. The van der Waals surface area contributed by atoms with Gasteiger partial charge in [0.25, 0.3) is 0 Å². The Morgan fingerprint density at radius 2 is 2.00 bits per heavy atom. The van der Waals surface area contributed by atoms with Gasteiger partial charge in [-0.25, -0.2) is 0 Å². The molecule has 2 atom stereocenters. The molecule has 0 bridgehead atoms. The van der Waals surface area contributed by atoms with Gasteiger partial charge in [-0.2, -0.15) is 0 Å². The van der Waals surface area contributed by atoms with Crippen molar-refractivity contribution in [3.63, 3.8) is 0 Å². The van der Waals surface area contributed by atoms with Crippen LogP contribution in [0.3, 0.4) is 0 Å². The van der Waals surface area contributed by atoms with Crippen LogP contribution in [0.1, 0.15) is 30.6 Å². The average Bonchev–Trinajstić information content (AvgIpc) is 2.37. The maximum atomic E-state index is 12.2. The smallest absolute Gasteiger partial charge is 0.176 e. The first-order valence-electron chi connectivity index (χ1n) is 6.68. The van der Waals surface area contributed by atoms with Gasteiger partial charge in [0.2, 0.25) is 0 Å². The minimum absolute atomic E-state index is 0.111. The summed E-state index contributed by atoms with van der Waals surface area (Å²) in [6, 6.07) is 5.08. The van der Waals surface area contributed by atoms with Crippen molar-refractivity contribution in [2.75, 3.05) is 19.6 Å². The number of Topliss-reactive ketones (excluding diaryl/α,β-unsaturated/α-hetero) is 1. The molecule has 1 aromatic carbocycles. The van der Waals surface area contributed by atoms with Gasteiger partial charge in [-0.3, -0.25) is 9.69 Å². The molecule has 2 nitrogen and oxygen atoms in total. The van der Waals surface area contributed by atoms with Gasteiger partial charge in [0.1, 0.15) is 0 Å². The molecule has 104 valence electrons. The van der Waals surface area contributed by atoms with Crippen LogP contribution in [0.4, 0.5) is 0 Å². The van der Waals surface area contributed by atoms with Gasteiger partial charge in [0.05, 0.1) is 16.6 Å². The molecule has 0 spiro atoms. The summed E-state index contributed by atoms with van der Waals surface area (Å²) in [6.45, 7) is 6.99. The number of halogens is 2. The molecule has 1 aliphatic rings. The quantitative estimate of drug-likeness (QED) is 0.781. The van der Waals surface area contributed by atoms with Crippen LogP contribution in [-0.2, 0) is 0 Å². The molecule has 1 heterocycles. The van der Waals surface area contributed by atoms with Crippen LogP contribution in [-0.4, -0.2) is 30.3 Å². The van der Waals surface area contributed by atoms with Crippen molar-refractivity contribution in [2.24, 2.45) is 11.8 Å². The van der Waals surface area contributed by atoms with Gasteiger partial charge < -0.3 is 0 Å². The lowest BCUT2D eigenvalue weighted by molar-refractivity contribution is 0.0849. The summed E-state index contributed by atoms with van der Waals surface area (Å²) in [4.78, 5) is 14.5. The zero-order valence-corrected chi connectivity index (χ0v) is 12.8. The molecule has 0 amide bonds. The fraction of sp³-hybridized carbons (Fsp3) is 0.533. The van der Waals surface area contributed by atoms with Crippen molar-refractivity contribution in [2.45, 2.75) is 20.3 Å². The van der Waals surface area contributed by atoms with Gasteiger partial charge in [-0.15, -0.1) is 0 Å². The third kappa shape index (κ3) is 3.71. The lowest BCUT2D eigenvalue weighted by Gasteiger charge is -2.34. The van der Waals surface area contributed by atoms with Crippen LogP contribution in [0.2, 0.25) is 10.0 Å². The summed E-state index contributed by atoms with van der Waals surface area (Å²) in [5.41, 5.74) is 0.640. The highest BCUT2D eigenvalue weighted by Gasteiger charge is 2.24. The minimum Gasteiger partial charge on any atom is -0.296 e. The highest BCUT2D eigenvalue weighted by atomic mass is 35.5. The number of ketones is 1. The highest BCUT2D eigenvalue weighted by molar-refractivity contribution is 6.42. The summed E-state index contributed by atoms with van der Waals surface area (Å²) >= 11 is 11.8. The second-order valence-corrected chi connectivity index (χ2v) is 6.34. The molecule has 0 aromatic heterocycles. The highest BCUT2D eigenvalue weighted by Crippen LogP contribution is 2.24. The van der Waals surface area contributed by atoms with Gasteiger partial charge in [0.15, 0.2) is 5.78 Å². The second kappa shape index (κ2) is 6.25. The Labute approximate surface area is 124 Å². The number of benzene rings is 1. The van der Waals surface area contributed by atoms with Crippen LogP contribution in [0, 0.1) is 11.8 Å². The lowest BCUT2D eigenvalue weighted by atomic mass is 9.88. The van der Waals surface area contributed by atoms with Crippen LogP contribution in [0.25, 0.3) is 0 Å². The third-order valence-corrected chi connectivity index (χ3v) is 4.77. The van der Waals surface area contributed by atoms with E-state index in [0.717, 1.165) is 25.4 Å². The van der Waals surface area contributed by atoms with Crippen molar-refractivity contribution in [3.8, 4) is 0 Å². The lowest BCUT2D eigenvalue weighted by Crippen LogP contribution is -2.41. The molecular formula is C15H19Cl2NO. The van der Waals surface area contributed by atoms with Crippen molar-refractivity contribution < 1.29 is 4.79 Å².